The van der Waals surface area contributed by atoms with E-state index < -0.39 is 12.5 Å². The molecule has 3 aromatic heterocycles. The highest BCUT2D eigenvalue weighted by atomic mass is 19.3. The maximum atomic E-state index is 13.0. The van der Waals surface area contributed by atoms with Crippen molar-refractivity contribution in [2.24, 2.45) is 0 Å². The van der Waals surface area contributed by atoms with Gasteiger partial charge in [0, 0.05) is 36.7 Å². The van der Waals surface area contributed by atoms with E-state index in [-0.39, 0.29) is 5.95 Å². The van der Waals surface area contributed by atoms with Crippen LogP contribution in [0.4, 0.5) is 14.7 Å². The molecule has 8 heteroatoms. The molecule has 0 atom stereocenters. The number of anilines is 1. The molecule has 0 aliphatic heterocycles. The fraction of sp³-hybridized carbons (Fsp3) is 0.294. The predicted molar refractivity (Wildman–Crippen MR) is 91.6 cm³/mol. The van der Waals surface area contributed by atoms with Gasteiger partial charge >= 0.3 is 0 Å². The first-order chi connectivity index (χ1) is 11.9. The van der Waals surface area contributed by atoms with Crippen LogP contribution < -0.4 is 5.32 Å². The average molecular weight is 344 g/mol. The van der Waals surface area contributed by atoms with E-state index in [1.54, 1.807) is 23.1 Å². The van der Waals surface area contributed by atoms with Crippen LogP contribution in [0.25, 0.3) is 11.2 Å². The molecule has 3 heterocycles. The molecule has 0 amide bonds. The van der Waals surface area contributed by atoms with Gasteiger partial charge in [-0.2, -0.15) is 5.10 Å². The zero-order valence-electron chi connectivity index (χ0n) is 14.2. The molecule has 0 fully saturated rings. The standard InChI is InChI=1S/C17H18F2N6/c1-4-12(14-5-6-15-20-7-8-25(15)24-14)13-9-21-16(23-11(13)2)22-10-17(3,18)19/h4-9H,10H2,1-3H3,(H,21,22,23)/b12-4+. The smallest absolute Gasteiger partial charge is 0.262 e. The Kier molecular flexibility index (Phi) is 4.43. The number of rotatable bonds is 5. The first kappa shape index (κ1) is 16.9. The Morgan fingerprint density at radius 2 is 2.12 bits per heavy atom. The molecule has 6 nitrogen and oxygen atoms in total. The monoisotopic (exact) mass is 344 g/mol. The molecule has 0 bridgehead atoms. The van der Waals surface area contributed by atoms with Crippen LogP contribution in [0.2, 0.25) is 0 Å². The molecule has 0 radical (unpaired) electrons. The summed E-state index contributed by atoms with van der Waals surface area (Å²) < 4.78 is 27.6. The highest BCUT2D eigenvalue weighted by molar-refractivity contribution is 5.78. The Labute approximate surface area is 143 Å². The van der Waals surface area contributed by atoms with E-state index in [1.807, 2.05) is 32.1 Å². The minimum atomic E-state index is -2.82. The van der Waals surface area contributed by atoms with Crippen molar-refractivity contribution in [3.05, 3.63) is 53.8 Å². The SMILES string of the molecule is C/C=C(/c1ccc2nccn2n1)c1cnc(NCC(C)(F)F)nc1C. The number of hydrogen-bond donors (Lipinski definition) is 1. The van der Waals surface area contributed by atoms with Crippen molar-refractivity contribution >= 4 is 17.2 Å². The lowest BCUT2D eigenvalue weighted by atomic mass is 10.0. The third kappa shape index (κ3) is 3.78. The normalized spacial score (nSPS) is 12.6. The zero-order chi connectivity index (χ0) is 18.0. The average Bonchev–Trinajstić information content (AvgIpc) is 3.02. The summed E-state index contributed by atoms with van der Waals surface area (Å²) in [6.45, 7) is 4.04. The number of alkyl halides is 2. The number of nitrogens with one attached hydrogen (secondary N) is 1. The number of nitrogens with zero attached hydrogens (tertiary/aromatic N) is 5. The van der Waals surface area contributed by atoms with Gasteiger partial charge in [-0.05, 0) is 26.0 Å². The second kappa shape index (κ2) is 6.54. The highest BCUT2D eigenvalue weighted by Gasteiger charge is 2.21. The van der Waals surface area contributed by atoms with Crippen molar-refractivity contribution in [3.63, 3.8) is 0 Å². The molecule has 0 aromatic carbocycles. The van der Waals surface area contributed by atoms with Gasteiger partial charge in [-0.1, -0.05) is 6.08 Å². The van der Waals surface area contributed by atoms with E-state index in [0.717, 1.165) is 29.4 Å². The largest absolute Gasteiger partial charge is 0.348 e. The van der Waals surface area contributed by atoms with E-state index in [4.69, 9.17) is 0 Å². The van der Waals surface area contributed by atoms with Gasteiger partial charge in [0.1, 0.15) is 0 Å². The lowest BCUT2D eigenvalue weighted by molar-refractivity contribution is 0.0366. The second-order valence-corrected chi connectivity index (χ2v) is 5.77. The Hall–Kier alpha value is -2.90. The van der Waals surface area contributed by atoms with Gasteiger partial charge in [0.05, 0.1) is 17.9 Å². The summed E-state index contributed by atoms with van der Waals surface area (Å²) in [5.41, 5.74) is 3.84. The molecular formula is C17H18F2N6. The van der Waals surface area contributed by atoms with E-state index >= 15 is 0 Å². The molecule has 1 N–H and O–H groups in total. The lowest BCUT2D eigenvalue weighted by Crippen LogP contribution is -2.24. The van der Waals surface area contributed by atoms with Crippen molar-refractivity contribution < 1.29 is 8.78 Å². The van der Waals surface area contributed by atoms with Crippen LogP contribution in [0.1, 0.15) is 30.8 Å². The first-order valence-electron chi connectivity index (χ1n) is 7.80. The molecule has 3 aromatic rings. The molecule has 0 saturated heterocycles. The quantitative estimate of drug-likeness (QED) is 0.769. The molecular weight excluding hydrogens is 326 g/mol. The molecule has 130 valence electrons. The number of imidazole rings is 1. The van der Waals surface area contributed by atoms with Gasteiger partial charge in [-0.25, -0.2) is 28.2 Å². The van der Waals surface area contributed by atoms with Gasteiger partial charge in [0.15, 0.2) is 5.65 Å². The van der Waals surface area contributed by atoms with Crippen LogP contribution in [-0.4, -0.2) is 37.0 Å². The van der Waals surface area contributed by atoms with Crippen LogP contribution in [0.3, 0.4) is 0 Å². The number of hydrogen-bond acceptors (Lipinski definition) is 5. The molecule has 0 saturated carbocycles. The van der Waals surface area contributed by atoms with E-state index in [1.165, 1.54) is 0 Å². The molecule has 0 spiro atoms. The lowest BCUT2D eigenvalue weighted by Gasteiger charge is -2.13. The van der Waals surface area contributed by atoms with E-state index in [0.29, 0.717) is 5.69 Å². The summed E-state index contributed by atoms with van der Waals surface area (Å²) in [6, 6.07) is 3.75. The maximum Gasteiger partial charge on any atom is 0.262 e. The molecule has 3 rings (SSSR count). The van der Waals surface area contributed by atoms with Crippen molar-refractivity contribution in [2.75, 3.05) is 11.9 Å². The third-order valence-corrected chi connectivity index (χ3v) is 3.65. The number of aryl methyl sites for hydroxylation is 1. The van der Waals surface area contributed by atoms with Crippen molar-refractivity contribution in [1.29, 1.82) is 0 Å². The fourth-order valence-electron chi connectivity index (χ4n) is 2.45. The Morgan fingerprint density at radius 1 is 1.32 bits per heavy atom. The van der Waals surface area contributed by atoms with Gasteiger partial charge in [0.2, 0.25) is 5.95 Å². The number of allylic oxidation sites excluding steroid dienone is 1. The van der Waals surface area contributed by atoms with Crippen molar-refractivity contribution in [3.8, 4) is 0 Å². The minimum Gasteiger partial charge on any atom is -0.348 e. The number of halogens is 2. The number of aromatic nitrogens is 5. The van der Waals surface area contributed by atoms with Crippen molar-refractivity contribution in [2.45, 2.75) is 26.7 Å². The first-order valence-corrected chi connectivity index (χ1v) is 7.80. The minimum absolute atomic E-state index is 0.177. The molecule has 25 heavy (non-hydrogen) atoms. The molecule has 0 aliphatic rings. The summed E-state index contributed by atoms with van der Waals surface area (Å²) in [4.78, 5) is 12.6. The van der Waals surface area contributed by atoms with Gasteiger partial charge < -0.3 is 5.32 Å². The van der Waals surface area contributed by atoms with Gasteiger partial charge in [-0.3, -0.25) is 0 Å². The topological polar surface area (TPSA) is 68.0 Å². The zero-order valence-corrected chi connectivity index (χ0v) is 14.2. The van der Waals surface area contributed by atoms with Crippen LogP contribution in [0.15, 0.2) is 36.8 Å². The van der Waals surface area contributed by atoms with Crippen LogP contribution in [-0.2, 0) is 0 Å². The molecule has 0 aliphatic carbocycles. The summed E-state index contributed by atoms with van der Waals surface area (Å²) in [5, 5.41) is 7.08. The van der Waals surface area contributed by atoms with Crippen LogP contribution in [0, 0.1) is 6.92 Å². The van der Waals surface area contributed by atoms with E-state index in [2.05, 4.69) is 25.4 Å². The summed E-state index contributed by atoms with van der Waals surface area (Å²) in [7, 11) is 0. The Bertz CT molecular complexity index is 926. The number of fused-ring (bicyclic) bond motifs is 1. The predicted octanol–water partition coefficient (Wildman–Crippen LogP) is 3.35. The van der Waals surface area contributed by atoms with Gasteiger partial charge in [-0.15, -0.1) is 0 Å². The summed E-state index contributed by atoms with van der Waals surface area (Å²) >= 11 is 0. The maximum absolute atomic E-state index is 13.0. The Balaban J connectivity index is 1.90. The second-order valence-electron chi connectivity index (χ2n) is 5.77. The molecule has 0 unspecified atom stereocenters. The van der Waals surface area contributed by atoms with E-state index in [9.17, 15) is 8.78 Å². The fourth-order valence-corrected chi connectivity index (χ4v) is 2.45. The summed E-state index contributed by atoms with van der Waals surface area (Å²) in [6.07, 6.45) is 6.99. The van der Waals surface area contributed by atoms with Crippen LogP contribution in [0.5, 0.6) is 0 Å². The highest BCUT2D eigenvalue weighted by Crippen LogP contribution is 2.24. The van der Waals surface area contributed by atoms with Crippen LogP contribution >= 0.6 is 0 Å². The summed E-state index contributed by atoms with van der Waals surface area (Å²) in [5.74, 6) is -2.65. The van der Waals surface area contributed by atoms with Gasteiger partial charge in [0.25, 0.3) is 5.92 Å². The third-order valence-electron chi connectivity index (χ3n) is 3.65. The Morgan fingerprint density at radius 3 is 2.80 bits per heavy atom. The van der Waals surface area contributed by atoms with Crippen molar-refractivity contribution in [1.82, 2.24) is 24.6 Å².